The lowest BCUT2D eigenvalue weighted by molar-refractivity contribution is -0.148. The first-order chi connectivity index (χ1) is 12.7. The van der Waals surface area contributed by atoms with E-state index < -0.39 is 5.97 Å². The highest BCUT2D eigenvalue weighted by Gasteiger charge is 2.28. The SMILES string of the molecule is O=C(Cn1cnnn1)OCC(=O)N1c2ccccc2Sc2ccccc21. The van der Waals surface area contributed by atoms with Crippen LogP contribution in [0.15, 0.2) is 64.6 Å². The molecule has 1 amide bonds. The summed E-state index contributed by atoms with van der Waals surface area (Å²) >= 11 is 1.60. The number of fused-ring (bicyclic) bond motifs is 2. The molecule has 0 saturated heterocycles. The Morgan fingerprint density at radius 3 is 2.27 bits per heavy atom. The number of para-hydroxylation sites is 2. The number of nitrogens with zero attached hydrogens (tertiary/aromatic N) is 5. The Kier molecular flexibility index (Phi) is 4.36. The highest BCUT2D eigenvalue weighted by atomic mass is 32.2. The van der Waals surface area contributed by atoms with Crippen LogP contribution >= 0.6 is 11.8 Å². The fraction of sp³-hybridized carbons (Fsp3) is 0.118. The summed E-state index contributed by atoms with van der Waals surface area (Å²) in [7, 11) is 0. The van der Waals surface area contributed by atoms with Gasteiger partial charge in [-0.3, -0.25) is 14.5 Å². The molecule has 0 bridgehead atoms. The topological polar surface area (TPSA) is 90.2 Å². The molecule has 0 atom stereocenters. The van der Waals surface area contributed by atoms with Crippen molar-refractivity contribution in [3.63, 3.8) is 0 Å². The van der Waals surface area contributed by atoms with E-state index in [2.05, 4.69) is 15.5 Å². The lowest BCUT2D eigenvalue weighted by Gasteiger charge is -2.30. The summed E-state index contributed by atoms with van der Waals surface area (Å²) in [6.07, 6.45) is 1.30. The predicted octanol–water partition coefficient (Wildman–Crippen LogP) is 2.05. The number of carbonyl (C=O) groups is 2. The van der Waals surface area contributed by atoms with E-state index in [0.717, 1.165) is 21.2 Å². The molecule has 26 heavy (non-hydrogen) atoms. The number of amides is 1. The molecule has 4 rings (SSSR count). The molecule has 0 spiro atoms. The number of rotatable bonds is 4. The molecule has 2 heterocycles. The highest BCUT2D eigenvalue weighted by Crippen LogP contribution is 2.47. The molecule has 1 aliphatic heterocycles. The molecule has 8 nitrogen and oxygen atoms in total. The Morgan fingerprint density at radius 1 is 1.00 bits per heavy atom. The Balaban J connectivity index is 1.53. The van der Waals surface area contributed by atoms with Gasteiger partial charge >= 0.3 is 5.97 Å². The van der Waals surface area contributed by atoms with E-state index in [1.807, 2.05) is 48.5 Å². The summed E-state index contributed by atoms with van der Waals surface area (Å²) in [5.74, 6) is -0.908. The van der Waals surface area contributed by atoms with Crippen molar-refractivity contribution >= 4 is 35.0 Å². The maximum Gasteiger partial charge on any atom is 0.328 e. The largest absolute Gasteiger partial charge is 0.454 e. The van der Waals surface area contributed by atoms with Crippen LogP contribution in [-0.2, 0) is 20.9 Å². The number of benzene rings is 2. The van der Waals surface area contributed by atoms with Gasteiger partial charge in [0.2, 0.25) is 0 Å². The van der Waals surface area contributed by atoms with Crippen molar-refractivity contribution in [1.82, 2.24) is 20.2 Å². The van der Waals surface area contributed by atoms with Gasteiger partial charge in [-0.1, -0.05) is 36.0 Å². The predicted molar refractivity (Wildman–Crippen MR) is 92.9 cm³/mol. The summed E-state index contributed by atoms with van der Waals surface area (Å²) in [6.45, 7) is -0.516. The molecule has 3 aromatic rings. The van der Waals surface area contributed by atoms with Gasteiger partial charge in [0, 0.05) is 9.79 Å². The average Bonchev–Trinajstić information content (AvgIpc) is 3.17. The van der Waals surface area contributed by atoms with Gasteiger partial charge in [-0.15, -0.1) is 5.10 Å². The average molecular weight is 367 g/mol. The van der Waals surface area contributed by atoms with Crippen molar-refractivity contribution in [2.24, 2.45) is 0 Å². The molecule has 1 aromatic heterocycles. The van der Waals surface area contributed by atoms with E-state index in [1.165, 1.54) is 11.0 Å². The van der Waals surface area contributed by atoms with Crippen LogP contribution in [-0.4, -0.2) is 38.7 Å². The number of anilines is 2. The minimum Gasteiger partial charge on any atom is -0.454 e. The molecule has 0 saturated carbocycles. The lowest BCUT2D eigenvalue weighted by atomic mass is 10.2. The maximum atomic E-state index is 12.8. The molecule has 0 fully saturated rings. The molecular formula is C17H13N5O3S. The second-order valence-electron chi connectivity index (χ2n) is 5.43. The summed E-state index contributed by atoms with van der Waals surface area (Å²) in [6, 6.07) is 15.3. The van der Waals surface area contributed by atoms with Gasteiger partial charge in [0.25, 0.3) is 5.91 Å². The van der Waals surface area contributed by atoms with Gasteiger partial charge in [0.1, 0.15) is 12.9 Å². The number of aromatic nitrogens is 4. The van der Waals surface area contributed by atoms with Crippen molar-refractivity contribution in [3.05, 3.63) is 54.9 Å². The lowest BCUT2D eigenvalue weighted by Crippen LogP contribution is -2.33. The molecule has 130 valence electrons. The second kappa shape index (κ2) is 6.96. The molecule has 0 N–H and O–H groups in total. The molecule has 2 aromatic carbocycles. The molecule has 1 aliphatic rings. The monoisotopic (exact) mass is 367 g/mol. The van der Waals surface area contributed by atoms with Crippen molar-refractivity contribution in [1.29, 1.82) is 0 Å². The summed E-state index contributed by atoms with van der Waals surface area (Å²) in [5.41, 5.74) is 1.55. The molecule has 0 radical (unpaired) electrons. The Bertz CT molecular complexity index is 915. The molecule has 0 aliphatic carbocycles. The number of esters is 1. The Labute approximate surface area is 152 Å². The number of tetrazole rings is 1. The first kappa shape index (κ1) is 16.3. The van der Waals surface area contributed by atoms with Crippen LogP contribution in [0.25, 0.3) is 0 Å². The fourth-order valence-corrected chi connectivity index (χ4v) is 3.67. The standard InChI is InChI=1S/C17H13N5O3S/c23-16(10-25-17(24)9-21-11-18-19-20-21)22-12-5-1-3-7-14(12)26-15-8-4-2-6-13(15)22/h1-8,11H,9-10H2. The third-order valence-electron chi connectivity index (χ3n) is 3.72. The maximum absolute atomic E-state index is 12.8. The zero-order valence-electron chi connectivity index (χ0n) is 13.5. The van der Waals surface area contributed by atoms with Gasteiger partial charge < -0.3 is 4.74 Å². The van der Waals surface area contributed by atoms with E-state index in [4.69, 9.17) is 4.74 Å². The van der Waals surface area contributed by atoms with Crippen LogP contribution in [0.2, 0.25) is 0 Å². The zero-order valence-corrected chi connectivity index (χ0v) is 14.3. The van der Waals surface area contributed by atoms with E-state index in [0.29, 0.717) is 0 Å². The Morgan fingerprint density at radius 2 is 1.65 bits per heavy atom. The normalized spacial score (nSPS) is 12.2. The van der Waals surface area contributed by atoms with Crippen LogP contribution in [0.1, 0.15) is 0 Å². The van der Waals surface area contributed by atoms with Crippen molar-refractivity contribution < 1.29 is 14.3 Å². The van der Waals surface area contributed by atoms with Crippen LogP contribution in [0.3, 0.4) is 0 Å². The van der Waals surface area contributed by atoms with Gasteiger partial charge in [-0.2, -0.15) is 0 Å². The molecular weight excluding hydrogens is 354 g/mol. The first-order valence-corrected chi connectivity index (χ1v) is 8.59. The quantitative estimate of drug-likeness (QED) is 0.652. The van der Waals surface area contributed by atoms with Crippen molar-refractivity contribution in [2.75, 3.05) is 11.5 Å². The van der Waals surface area contributed by atoms with Crippen molar-refractivity contribution in [2.45, 2.75) is 16.3 Å². The molecule has 9 heteroatoms. The van der Waals surface area contributed by atoms with Crippen LogP contribution in [0, 0.1) is 0 Å². The number of hydrogen-bond donors (Lipinski definition) is 0. The van der Waals surface area contributed by atoms with E-state index in [9.17, 15) is 9.59 Å². The van der Waals surface area contributed by atoms with Crippen LogP contribution < -0.4 is 4.90 Å². The van der Waals surface area contributed by atoms with Gasteiger partial charge in [-0.05, 0) is 34.7 Å². The van der Waals surface area contributed by atoms with Crippen LogP contribution in [0.5, 0.6) is 0 Å². The summed E-state index contributed by atoms with van der Waals surface area (Å²) < 4.78 is 6.34. The number of hydrogen-bond acceptors (Lipinski definition) is 7. The van der Waals surface area contributed by atoms with E-state index in [-0.39, 0.29) is 19.1 Å². The van der Waals surface area contributed by atoms with E-state index >= 15 is 0 Å². The summed E-state index contributed by atoms with van der Waals surface area (Å²) in [5, 5.41) is 10.5. The van der Waals surface area contributed by atoms with Crippen molar-refractivity contribution in [3.8, 4) is 0 Å². The Hall–Kier alpha value is -3.20. The minimum absolute atomic E-state index is 0.149. The second-order valence-corrected chi connectivity index (χ2v) is 6.52. The smallest absolute Gasteiger partial charge is 0.328 e. The van der Waals surface area contributed by atoms with Gasteiger partial charge in [-0.25, -0.2) is 4.68 Å². The van der Waals surface area contributed by atoms with Gasteiger partial charge in [0.05, 0.1) is 11.4 Å². The zero-order chi connectivity index (χ0) is 17.9. The van der Waals surface area contributed by atoms with Crippen LogP contribution in [0.4, 0.5) is 11.4 Å². The molecule has 0 unspecified atom stereocenters. The summed E-state index contributed by atoms with van der Waals surface area (Å²) in [4.78, 5) is 28.2. The third-order valence-corrected chi connectivity index (χ3v) is 4.85. The third kappa shape index (κ3) is 3.16. The fourth-order valence-electron chi connectivity index (χ4n) is 2.61. The first-order valence-electron chi connectivity index (χ1n) is 7.77. The highest BCUT2D eigenvalue weighted by molar-refractivity contribution is 7.99. The number of ether oxygens (including phenoxy) is 1. The van der Waals surface area contributed by atoms with Gasteiger partial charge in [0.15, 0.2) is 6.61 Å². The van der Waals surface area contributed by atoms with E-state index in [1.54, 1.807) is 16.7 Å². The number of carbonyl (C=O) groups excluding carboxylic acids is 2. The minimum atomic E-state index is -0.585.